The number of hydrogen-bond acceptors (Lipinski definition) is 5. The number of rotatable bonds is 5. The third kappa shape index (κ3) is 3.75. The summed E-state index contributed by atoms with van der Waals surface area (Å²) in [7, 11) is 0. The molecule has 7 nitrogen and oxygen atoms in total. The lowest BCUT2D eigenvalue weighted by Gasteiger charge is -2.07. The Morgan fingerprint density at radius 3 is 2.67 bits per heavy atom. The molecule has 1 aromatic carbocycles. The van der Waals surface area contributed by atoms with Crippen molar-refractivity contribution in [2.45, 2.75) is 6.42 Å². The molecule has 1 heterocycles. The van der Waals surface area contributed by atoms with E-state index in [0.717, 1.165) is 5.56 Å². The SMILES string of the molecule is Nc1ccc([N+](=O)[O-])cc1C(=O)NCCc1ccncc1. The van der Waals surface area contributed by atoms with Gasteiger partial charge in [0.1, 0.15) is 0 Å². The van der Waals surface area contributed by atoms with Crippen LogP contribution in [0.5, 0.6) is 0 Å². The normalized spacial score (nSPS) is 10.1. The second-order valence-electron chi connectivity index (χ2n) is 4.39. The second-order valence-corrected chi connectivity index (χ2v) is 4.39. The minimum absolute atomic E-state index is 0.110. The number of benzene rings is 1. The molecule has 0 aliphatic rings. The van der Waals surface area contributed by atoms with Crippen LogP contribution in [0.3, 0.4) is 0 Å². The third-order valence-corrected chi connectivity index (χ3v) is 2.94. The zero-order valence-corrected chi connectivity index (χ0v) is 11.2. The second kappa shape index (κ2) is 6.47. The molecule has 3 N–H and O–H groups in total. The fourth-order valence-corrected chi connectivity index (χ4v) is 1.82. The van der Waals surface area contributed by atoms with E-state index in [1.165, 1.54) is 18.2 Å². The molecule has 0 fully saturated rings. The summed E-state index contributed by atoms with van der Waals surface area (Å²) in [5, 5.41) is 13.4. The Hall–Kier alpha value is -2.96. The topological polar surface area (TPSA) is 111 Å². The van der Waals surface area contributed by atoms with E-state index in [1.54, 1.807) is 12.4 Å². The molecule has 1 amide bonds. The zero-order chi connectivity index (χ0) is 15.2. The van der Waals surface area contributed by atoms with E-state index in [9.17, 15) is 14.9 Å². The van der Waals surface area contributed by atoms with Gasteiger partial charge in [-0.15, -0.1) is 0 Å². The van der Waals surface area contributed by atoms with Crippen LogP contribution in [-0.4, -0.2) is 22.4 Å². The maximum atomic E-state index is 12.0. The van der Waals surface area contributed by atoms with Gasteiger partial charge in [-0.1, -0.05) is 0 Å². The van der Waals surface area contributed by atoms with Crippen molar-refractivity contribution in [1.82, 2.24) is 10.3 Å². The molecule has 108 valence electrons. The van der Waals surface area contributed by atoms with Crippen LogP contribution in [0, 0.1) is 10.1 Å². The minimum Gasteiger partial charge on any atom is -0.398 e. The largest absolute Gasteiger partial charge is 0.398 e. The van der Waals surface area contributed by atoms with E-state index in [1.807, 2.05) is 12.1 Å². The van der Waals surface area contributed by atoms with Gasteiger partial charge in [-0.25, -0.2) is 0 Å². The van der Waals surface area contributed by atoms with Gasteiger partial charge in [-0.3, -0.25) is 19.9 Å². The summed E-state index contributed by atoms with van der Waals surface area (Å²) in [5.41, 5.74) is 6.88. The molecule has 0 saturated heterocycles. The molecular weight excluding hydrogens is 272 g/mol. The van der Waals surface area contributed by atoms with Gasteiger partial charge >= 0.3 is 0 Å². The van der Waals surface area contributed by atoms with Crippen LogP contribution in [0.15, 0.2) is 42.7 Å². The maximum absolute atomic E-state index is 12.0. The molecule has 0 unspecified atom stereocenters. The van der Waals surface area contributed by atoms with Crippen molar-refractivity contribution < 1.29 is 9.72 Å². The quantitative estimate of drug-likeness (QED) is 0.492. The van der Waals surface area contributed by atoms with Crippen LogP contribution in [0.25, 0.3) is 0 Å². The van der Waals surface area contributed by atoms with E-state index in [4.69, 9.17) is 5.73 Å². The first kappa shape index (κ1) is 14.4. The Kier molecular flexibility index (Phi) is 4.45. The van der Waals surface area contributed by atoms with E-state index in [0.29, 0.717) is 13.0 Å². The molecule has 7 heteroatoms. The fraction of sp³-hybridized carbons (Fsp3) is 0.143. The highest BCUT2D eigenvalue weighted by molar-refractivity contribution is 5.99. The van der Waals surface area contributed by atoms with Crippen LogP contribution in [-0.2, 0) is 6.42 Å². The minimum atomic E-state index is -0.562. The summed E-state index contributed by atoms with van der Waals surface area (Å²) in [4.78, 5) is 26.1. The Morgan fingerprint density at radius 2 is 2.00 bits per heavy atom. The van der Waals surface area contributed by atoms with Gasteiger partial charge in [0.05, 0.1) is 10.5 Å². The number of amides is 1. The molecule has 2 rings (SSSR count). The molecule has 1 aromatic heterocycles. The summed E-state index contributed by atoms with van der Waals surface area (Å²) in [6.07, 6.45) is 3.99. The van der Waals surface area contributed by atoms with Crippen LogP contribution in [0.1, 0.15) is 15.9 Å². The standard InChI is InChI=1S/C14H14N4O3/c15-13-2-1-11(18(20)21)9-12(13)14(19)17-8-5-10-3-6-16-7-4-10/h1-4,6-7,9H,5,8,15H2,(H,17,19). The van der Waals surface area contributed by atoms with E-state index in [-0.39, 0.29) is 16.9 Å². The maximum Gasteiger partial charge on any atom is 0.270 e. The average molecular weight is 286 g/mol. The number of nitro groups is 1. The molecular formula is C14H14N4O3. The van der Waals surface area contributed by atoms with Gasteiger partial charge in [0.25, 0.3) is 11.6 Å². The fourth-order valence-electron chi connectivity index (χ4n) is 1.82. The van der Waals surface area contributed by atoms with Crippen LogP contribution in [0.4, 0.5) is 11.4 Å². The summed E-state index contributed by atoms with van der Waals surface area (Å²) < 4.78 is 0. The van der Waals surface area contributed by atoms with Gasteiger partial charge in [0, 0.05) is 36.8 Å². The van der Waals surface area contributed by atoms with Crippen molar-refractivity contribution in [1.29, 1.82) is 0 Å². The summed E-state index contributed by atoms with van der Waals surface area (Å²) in [6.45, 7) is 0.408. The van der Waals surface area contributed by atoms with Gasteiger partial charge < -0.3 is 11.1 Å². The predicted octanol–water partition coefficient (Wildman–Crippen LogP) is 1.54. The lowest BCUT2D eigenvalue weighted by atomic mass is 10.1. The number of nitrogens with zero attached hydrogens (tertiary/aromatic N) is 2. The van der Waals surface area contributed by atoms with Crippen molar-refractivity contribution in [2.24, 2.45) is 0 Å². The highest BCUT2D eigenvalue weighted by Gasteiger charge is 2.14. The molecule has 0 aliphatic heterocycles. The smallest absolute Gasteiger partial charge is 0.270 e. The lowest BCUT2D eigenvalue weighted by molar-refractivity contribution is -0.384. The highest BCUT2D eigenvalue weighted by atomic mass is 16.6. The Labute approximate surface area is 121 Å². The molecule has 0 spiro atoms. The number of nitro benzene ring substituents is 1. The van der Waals surface area contributed by atoms with E-state index < -0.39 is 10.8 Å². The van der Waals surface area contributed by atoms with Crippen molar-refractivity contribution in [3.05, 3.63) is 64.0 Å². The van der Waals surface area contributed by atoms with E-state index >= 15 is 0 Å². The van der Waals surface area contributed by atoms with Crippen molar-refractivity contribution in [3.8, 4) is 0 Å². The molecule has 0 bridgehead atoms. The van der Waals surface area contributed by atoms with Crippen molar-refractivity contribution in [3.63, 3.8) is 0 Å². The van der Waals surface area contributed by atoms with Gasteiger partial charge in [-0.05, 0) is 30.2 Å². The lowest BCUT2D eigenvalue weighted by Crippen LogP contribution is -2.26. The molecule has 2 aromatic rings. The Morgan fingerprint density at radius 1 is 1.29 bits per heavy atom. The number of aromatic nitrogens is 1. The summed E-state index contributed by atoms with van der Waals surface area (Å²) in [6, 6.07) is 7.51. The number of nitrogens with one attached hydrogen (secondary N) is 1. The molecule has 0 radical (unpaired) electrons. The van der Waals surface area contributed by atoms with Crippen LogP contribution >= 0.6 is 0 Å². The van der Waals surface area contributed by atoms with Gasteiger partial charge in [0.2, 0.25) is 0 Å². The number of carbonyl (C=O) groups is 1. The number of pyridine rings is 1. The Bertz CT molecular complexity index is 659. The third-order valence-electron chi connectivity index (χ3n) is 2.94. The molecule has 0 saturated carbocycles. The summed E-state index contributed by atoms with van der Waals surface area (Å²) >= 11 is 0. The molecule has 21 heavy (non-hydrogen) atoms. The van der Waals surface area contributed by atoms with Gasteiger partial charge in [0.15, 0.2) is 0 Å². The first-order chi connectivity index (χ1) is 10.1. The van der Waals surface area contributed by atoms with Crippen LogP contribution in [0.2, 0.25) is 0 Å². The van der Waals surface area contributed by atoms with E-state index in [2.05, 4.69) is 10.3 Å². The number of non-ortho nitro benzene ring substituents is 1. The number of anilines is 1. The zero-order valence-electron chi connectivity index (χ0n) is 11.2. The number of nitrogens with two attached hydrogens (primary N) is 1. The molecule has 0 atom stereocenters. The number of hydrogen-bond donors (Lipinski definition) is 2. The predicted molar refractivity (Wildman–Crippen MR) is 77.8 cm³/mol. The number of carbonyl (C=O) groups excluding carboxylic acids is 1. The number of nitrogen functional groups attached to an aromatic ring is 1. The van der Waals surface area contributed by atoms with Crippen molar-refractivity contribution >= 4 is 17.3 Å². The average Bonchev–Trinajstić information content (AvgIpc) is 2.48. The Balaban J connectivity index is 2.00. The first-order valence-electron chi connectivity index (χ1n) is 6.29. The van der Waals surface area contributed by atoms with Gasteiger partial charge in [-0.2, -0.15) is 0 Å². The van der Waals surface area contributed by atoms with Crippen molar-refractivity contribution in [2.75, 3.05) is 12.3 Å². The highest BCUT2D eigenvalue weighted by Crippen LogP contribution is 2.19. The molecule has 0 aliphatic carbocycles. The monoisotopic (exact) mass is 286 g/mol. The van der Waals surface area contributed by atoms with Crippen LogP contribution < -0.4 is 11.1 Å². The first-order valence-corrected chi connectivity index (χ1v) is 6.29. The summed E-state index contributed by atoms with van der Waals surface area (Å²) in [5.74, 6) is -0.426.